The van der Waals surface area contributed by atoms with Crippen LogP contribution in [-0.2, 0) is 0 Å². The summed E-state index contributed by atoms with van der Waals surface area (Å²) in [6.07, 6.45) is 3.24. The maximum Gasteiger partial charge on any atom is 0.163 e. The van der Waals surface area contributed by atoms with Gasteiger partial charge < -0.3 is 5.32 Å². The highest BCUT2D eigenvalue weighted by atomic mass is 19.2. The van der Waals surface area contributed by atoms with E-state index in [0.29, 0.717) is 5.56 Å². The maximum atomic E-state index is 14.2. The molecule has 1 saturated heterocycles. The number of likely N-dealkylation sites (tertiary alicyclic amines) is 1. The van der Waals surface area contributed by atoms with Crippen LogP contribution in [-0.4, -0.2) is 30.6 Å². The molecule has 20 heavy (non-hydrogen) atoms. The Bertz CT molecular complexity index is 458. The van der Waals surface area contributed by atoms with E-state index < -0.39 is 11.6 Å². The molecule has 0 aliphatic carbocycles. The van der Waals surface area contributed by atoms with E-state index in [2.05, 4.69) is 24.1 Å². The SMILES string of the molecule is CCC(C)(C(NC)c1cccc(F)c1F)N1CCCC1. The molecule has 1 fully saturated rings. The van der Waals surface area contributed by atoms with Gasteiger partial charge in [-0.25, -0.2) is 8.78 Å². The third-order valence-electron chi connectivity index (χ3n) is 4.75. The fourth-order valence-corrected chi connectivity index (χ4v) is 3.38. The second kappa shape index (κ2) is 6.19. The van der Waals surface area contributed by atoms with Gasteiger partial charge in [-0.15, -0.1) is 0 Å². The summed E-state index contributed by atoms with van der Waals surface area (Å²) in [6, 6.07) is 4.22. The second-order valence-electron chi connectivity index (χ2n) is 5.77. The first-order valence-corrected chi connectivity index (χ1v) is 7.40. The lowest BCUT2D eigenvalue weighted by atomic mass is 9.83. The molecule has 2 nitrogen and oxygen atoms in total. The lowest BCUT2D eigenvalue weighted by Gasteiger charge is -2.44. The minimum atomic E-state index is -0.775. The normalized spacial score (nSPS) is 20.9. The molecule has 0 amide bonds. The van der Waals surface area contributed by atoms with Crippen LogP contribution >= 0.6 is 0 Å². The summed E-state index contributed by atoms with van der Waals surface area (Å²) in [6.45, 7) is 6.31. The van der Waals surface area contributed by atoms with Crippen molar-refractivity contribution in [2.45, 2.75) is 44.7 Å². The van der Waals surface area contributed by atoms with Crippen LogP contribution in [0, 0.1) is 11.6 Å². The summed E-state index contributed by atoms with van der Waals surface area (Å²) in [5.41, 5.74) is 0.212. The summed E-state index contributed by atoms with van der Waals surface area (Å²) < 4.78 is 27.7. The van der Waals surface area contributed by atoms with Crippen LogP contribution in [0.2, 0.25) is 0 Å². The van der Waals surface area contributed by atoms with Crippen LogP contribution < -0.4 is 5.32 Å². The first kappa shape index (κ1) is 15.4. The van der Waals surface area contributed by atoms with E-state index in [9.17, 15) is 8.78 Å². The van der Waals surface area contributed by atoms with E-state index in [1.165, 1.54) is 18.9 Å². The summed E-state index contributed by atoms with van der Waals surface area (Å²) in [5.74, 6) is -1.51. The molecule has 2 rings (SSSR count). The summed E-state index contributed by atoms with van der Waals surface area (Å²) in [5, 5.41) is 3.21. The third-order valence-corrected chi connectivity index (χ3v) is 4.75. The fraction of sp³-hybridized carbons (Fsp3) is 0.625. The highest BCUT2D eigenvalue weighted by Gasteiger charge is 2.40. The Hall–Kier alpha value is -1.00. The van der Waals surface area contributed by atoms with Gasteiger partial charge in [-0.2, -0.15) is 0 Å². The molecule has 1 aromatic rings. The molecule has 2 atom stereocenters. The number of rotatable bonds is 5. The molecule has 0 aromatic heterocycles. The molecule has 112 valence electrons. The quantitative estimate of drug-likeness (QED) is 0.889. The first-order valence-electron chi connectivity index (χ1n) is 7.40. The molecular weight excluding hydrogens is 258 g/mol. The van der Waals surface area contributed by atoms with Crippen LogP contribution in [0.25, 0.3) is 0 Å². The predicted molar refractivity (Wildman–Crippen MR) is 77.7 cm³/mol. The fourth-order valence-electron chi connectivity index (χ4n) is 3.38. The van der Waals surface area contributed by atoms with Gasteiger partial charge in [-0.1, -0.05) is 19.1 Å². The van der Waals surface area contributed by atoms with Crippen molar-refractivity contribution in [1.82, 2.24) is 10.2 Å². The lowest BCUT2D eigenvalue weighted by Crippen LogP contribution is -2.53. The van der Waals surface area contributed by atoms with Crippen LogP contribution in [0.3, 0.4) is 0 Å². The average molecular weight is 282 g/mol. The zero-order chi connectivity index (χ0) is 14.8. The van der Waals surface area contributed by atoms with E-state index >= 15 is 0 Å². The zero-order valence-electron chi connectivity index (χ0n) is 12.5. The van der Waals surface area contributed by atoms with E-state index in [1.54, 1.807) is 12.1 Å². The number of hydrogen-bond acceptors (Lipinski definition) is 2. The molecule has 1 aliphatic rings. The smallest absolute Gasteiger partial charge is 0.163 e. The Balaban J connectivity index is 2.40. The van der Waals surface area contributed by atoms with Crippen molar-refractivity contribution in [3.05, 3.63) is 35.4 Å². The summed E-state index contributed by atoms with van der Waals surface area (Å²) >= 11 is 0. The topological polar surface area (TPSA) is 15.3 Å². The molecule has 4 heteroatoms. The third kappa shape index (κ3) is 2.59. The standard InChI is InChI=1S/C16H24F2N2/c1-4-16(2,20-10-5-6-11-20)15(19-3)12-8-7-9-13(17)14(12)18/h7-9,15,19H,4-6,10-11H2,1-3H3. The number of nitrogens with zero attached hydrogens (tertiary/aromatic N) is 1. The van der Waals surface area contributed by atoms with Crippen LogP contribution in [0.15, 0.2) is 18.2 Å². The van der Waals surface area contributed by atoms with Crippen molar-refractivity contribution in [3.8, 4) is 0 Å². The van der Waals surface area contributed by atoms with E-state index in [1.807, 2.05) is 7.05 Å². The Kier molecular flexibility index (Phi) is 4.76. The summed E-state index contributed by atoms with van der Waals surface area (Å²) in [7, 11) is 1.82. The van der Waals surface area contributed by atoms with Gasteiger partial charge in [0.1, 0.15) is 0 Å². The first-order chi connectivity index (χ1) is 9.54. The molecule has 2 unspecified atom stereocenters. The van der Waals surface area contributed by atoms with Crippen molar-refractivity contribution in [2.75, 3.05) is 20.1 Å². The number of hydrogen-bond donors (Lipinski definition) is 1. The van der Waals surface area contributed by atoms with Crippen molar-refractivity contribution in [3.63, 3.8) is 0 Å². The molecule has 0 bridgehead atoms. The molecule has 0 spiro atoms. The van der Waals surface area contributed by atoms with Gasteiger partial charge in [0, 0.05) is 11.1 Å². The minimum absolute atomic E-state index is 0.208. The average Bonchev–Trinajstić information content (AvgIpc) is 2.98. The largest absolute Gasteiger partial charge is 0.311 e. The molecule has 1 aromatic carbocycles. The number of nitrogens with one attached hydrogen (secondary N) is 1. The van der Waals surface area contributed by atoms with Gasteiger partial charge in [0.2, 0.25) is 0 Å². The Morgan fingerprint density at radius 3 is 2.50 bits per heavy atom. The van der Waals surface area contributed by atoms with Gasteiger partial charge in [-0.3, -0.25) is 4.90 Å². The van der Waals surface area contributed by atoms with Gasteiger partial charge in [0.25, 0.3) is 0 Å². The molecular formula is C16H24F2N2. The van der Waals surface area contributed by atoms with Crippen LogP contribution in [0.4, 0.5) is 8.78 Å². The Morgan fingerprint density at radius 2 is 1.95 bits per heavy atom. The lowest BCUT2D eigenvalue weighted by molar-refractivity contribution is 0.0855. The van der Waals surface area contributed by atoms with Gasteiger partial charge in [-0.05, 0) is 52.4 Å². The van der Waals surface area contributed by atoms with Crippen LogP contribution in [0.1, 0.15) is 44.7 Å². The monoisotopic (exact) mass is 282 g/mol. The van der Waals surface area contributed by atoms with E-state index in [-0.39, 0.29) is 11.6 Å². The Morgan fingerprint density at radius 1 is 1.30 bits per heavy atom. The minimum Gasteiger partial charge on any atom is -0.311 e. The predicted octanol–water partition coefficient (Wildman–Crippen LogP) is 3.49. The van der Waals surface area contributed by atoms with Crippen LogP contribution in [0.5, 0.6) is 0 Å². The number of benzene rings is 1. The van der Waals surface area contributed by atoms with Gasteiger partial charge >= 0.3 is 0 Å². The maximum absolute atomic E-state index is 14.2. The van der Waals surface area contributed by atoms with Crippen molar-refractivity contribution >= 4 is 0 Å². The van der Waals surface area contributed by atoms with Gasteiger partial charge in [0.15, 0.2) is 11.6 Å². The second-order valence-corrected chi connectivity index (χ2v) is 5.77. The highest BCUT2D eigenvalue weighted by molar-refractivity contribution is 5.26. The molecule has 0 radical (unpaired) electrons. The molecule has 1 heterocycles. The molecule has 1 aliphatic heterocycles. The molecule has 1 N–H and O–H groups in total. The van der Waals surface area contributed by atoms with Gasteiger partial charge in [0.05, 0.1) is 6.04 Å². The highest BCUT2D eigenvalue weighted by Crippen LogP contribution is 2.37. The Labute approximate surface area is 120 Å². The number of halogens is 2. The number of likely N-dealkylation sites (N-methyl/N-ethyl adjacent to an activating group) is 1. The van der Waals surface area contributed by atoms with Crippen molar-refractivity contribution in [2.24, 2.45) is 0 Å². The summed E-state index contributed by atoms with van der Waals surface area (Å²) in [4.78, 5) is 2.40. The zero-order valence-corrected chi connectivity index (χ0v) is 12.5. The molecule has 0 saturated carbocycles. The van der Waals surface area contributed by atoms with E-state index in [0.717, 1.165) is 19.5 Å². The van der Waals surface area contributed by atoms with Crippen molar-refractivity contribution in [1.29, 1.82) is 0 Å². The van der Waals surface area contributed by atoms with Crippen molar-refractivity contribution < 1.29 is 8.78 Å². The van der Waals surface area contributed by atoms with E-state index in [4.69, 9.17) is 0 Å².